The first kappa shape index (κ1) is 22.4. The molecule has 0 bridgehead atoms. The lowest BCUT2D eigenvalue weighted by molar-refractivity contribution is -0.0367. The fraction of sp³-hybridized carbons (Fsp3) is 0.833. The standard InChI is InChI=1S/C18H32N6O2.HI/c1-4-19-18(20-12-17-22-21-14(2)23(17)3)24-9-7-15(8-10-24)26-13-16-6-5-11-25-16;/h15-16H,4-13H2,1-3H3,(H,19,20);1H. The molecule has 0 aliphatic carbocycles. The van der Waals surface area contributed by atoms with Gasteiger partial charge in [0.15, 0.2) is 11.8 Å². The minimum absolute atomic E-state index is 0. The van der Waals surface area contributed by atoms with Gasteiger partial charge in [0.2, 0.25) is 0 Å². The number of piperidine rings is 1. The van der Waals surface area contributed by atoms with E-state index < -0.39 is 0 Å². The lowest BCUT2D eigenvalue weighted by Gasteiger charge is -2.34. The van der Waals surface area contributed by atoms with Crippen LogP contribution >= 0.6 is 24.0 Å². The van der Waals surface area contributed by atoms with Crippen molar-refractivity contribution in [2.45, 2.75) is 58.3 Å². The van der Waals surface area contributed by atoms with Crippen LogP contribution in [0.5, 0.6) is 0 Å². The van der Waals surface area contributed by atoms with E-state index in [-0.39, 0.29) is 24.0 Å². The van der Waals surface area contributed by atoms with Gasteiger partial charge in [-0.05, 0) is 39.5 Å². The van der Waals surface area contributed by atoms with Crippen LogP contribution in [0.15, 0.2) is 4.99 Å². The van der Waals surface area contributed by atoms with Crippen LogP contribution in [0.1, 0.15) is 44.3 Å². The number of hydrogen-bond acceptors (Lipinski definition) is 5. The highest BCUT2D eigenvalue weighted by Gasteiger charge is 2.24. The summed E-state index contributed by atoms with van der Waals surface area (Å²) in [5.74, 6) is 2.74. The fourth-order valence-corrected chi connectivity index (χ4v) is 3.41. The Morgan fingerprint density at radius 2 is 2.07 bits per heavy atom. The van der Waals surface area contributed by atoms with E-state index >= 15 is 0 Å². The van der Waals surface area contributed by atoms with Crippen molar-refractivity contribution in [1.82, 2.24) is 25.0 Å². The van der Waals surface area contributed by atoms with Crippen molar-refractivity contribution < 1.29 is 9.47 Å². The van der Waals surface area contributed by atoms with Crippen LogP contribution in [-0.4, -0.2) is 70.7 Å². The normalized spacial score (nSPS) is 21.4. The third-order valence-corrected chi connectivity index (χ3v) is 5.17. The van der Waals surface area contributed by atoms with E-state index in [4.69, 9.17) is 14.5 Å². The van der Waals surface area contributed by atoms with Crippen molar-refractivity contribution in [3.8, 4) is 0 Å². The van der Waals surface area contributed by atoms with E-state index in [1.807, 2.05) is 18.5 Å². The average Bonchev–Trinajstić information content (AvgIpc) is 3.29. The summed E-state index contributed by atoms with van der Waals surface area (Å²) < 4.78 is 13.7. The molecule has 1 aromatic heterocycles. The van der Waals surface area contributed by atoms with Gasteiger partial charge >= 0.3 is 0 Å². The number of nitrogens with zero attached hydrogens (tertiary/aromatic N) is 5. The molecular weight excluding hydrogens is 459 g/mol. The van der Waals surface area contributed by atoms with Gasteiger partial charge in [0.1, 0.15) is 12.4 Å². The summed E-state index contributed by atoms with van der Waals surface area (Å²) in [5.41, 5.74) is 0. The zero-order chi connectivity index (χ0) is 18.4. The van der Waals surface area contributed by atoms with E-state index in [0.717, 1.165) is 69.7 Å². The molecule has 1 unspecified atom stereocenters. The third-order valence-electron chi connectivity index (χ3n) is 5.17. The Kier molecular flexibility index (Phi) is 9.24. The topological polar surface area (TPSA) is 76.8 Å². The smallest absolute Gasteiger partial charge is 0.194 e. The van der Waals surface area contributed by atoms with Gasteiger partial charge in [-0.2, -0.15) is 0 Å². The summed E-state index contributed by atoms with van der Waals surface area (Å²) in [5, 5.41) is 11.7. The fourth-order valence-electron chi connectivity index (χ4n) is 3.41. The molecular formula is C18H33IN6O2. The van der Waals surface area contributed by atoms with Gasteiger partial charge in [-0.1, -0.05) is 0 Å². The van der Waals surface area contributed by atoms with E-state index in [0.29, 0.717) is 18.8 Å². The Hall–Kier alpha value is -0.940. The van der Waals surface area contributed by atoms with E-state index in [1.54, 1.807) is 0 Å². The monoisotopic (exact) mass is 492 g/mol. The summed E-state index contributed by atoms with van der Waals surface area (Å²) >= 11 is 0. The molecule has 9 heteroatoms. The molecule has 0 spiro atoms. The van der Waals surface area contributed by atoms with Crippen molar-refractivity contribution in [2.75, 3.05) is 32.8 Å². The number of rotatable bonds is 6. The summed E-state index contributed by atoms with van der Waals surface area (Å²) in [6.45, 7) is 8.98. The molecule has 2 fully saturated rings. The lowest BCUT2D eigenvalue weighted by atomic mass is 10.1. The average molecular weight is 492 g/mol. The molecule has 27 heavy (non-hydrogen) atoms. The van der Waals surface area contributed by atoms with Crippen LogP contribution in [0.2, 0.25) is 0 Å². The van der Waals surface area contributed by atoms with Crippen LogP contribution in [0.25, 0.3) is 0 Å². The summed E-state index contributed by atoms with van der Waals surface area (Å²) in [6.07, 6.45) is 5.00. The predicted octanol–water partition coefficient (Wildman–Crippen LogP) is 1.87. The number of hydrogen-bond donors (Lipinski definition) is 1. The summed E-state index contributed by atoms with van der Waals surface area (Å²) in [6, 6.07) is 0. The molecule has 154 valence electrons. The van der Waals surface area contributed by atoms with Crippen molar-refractivity contribution in [3.63, 3.8) is 0 Å². The molecule has 3 rings (SSSR count). The molecule has 2 saturated heterocycles. The Balaban J connectivity index is 0.00000261. The number of halogens is 1. The number of aryl methyl sites for hydroxylation is 1. The Bertz CT molecular complexity index is 595. The SMILES string of the molecule is CCNC(=NCc1nnc(C)n1C)N1CCC(OCC2CCCO2)CC1.I. The summed E-state index contributed by atoms with van der Waals surface area (Å²) in [7, 11) is 1.98. The maximum absolute atomic E-state index is 6.07. The maximum atomic E-state index is 6.07. The molecule has 0 aromatic carbocycles. The van der Waals surface area contributed by atoms with E-state index in [1.165, 1.54) is 6.42 Å². The first-order valence-corrected chi connectivity index (χ1v) is 9.78. The van der Waals surface area contributed by atoms with Gasteiger partial charge < -0.3 is 24.3 Å². The number of likely N-dealkylation sites (tertiary alicyclic amines) is 1. The quantitative estimate of drug-likeness (QED) is 0.371. The van der Waals surface area contributed by atoms with Crippen molar-refractivity contribution >= 4 is 29.9 Å². The number of aromatic nitrogens is 3. The zero-order valence-electron chi connectivity index (χ0n) is 16.7. The first-order valence-electron chi connectivity index (χ1n) is 9.78. The minimum atomic E-state index is 0. The Labute approximate surface area is 179 Å². The molecule has 8 nitrogen and oxygen atoms in total. The molecule has 1 N–H and O–H groups in total. The molecule has 2 aliphatic heterocycles. The van der Waals surface area contributed by atoms with Crippen LogP contribution < -0.4 is 5.32 Å². The number of aliphatic imine (C=N–C) groups is 1. The van der Waals surface area contributed by atoms with Gasteiger partial charge in [-0.25, -0.2) is 4.99 Å². The van der Waals surface area contributed by atoms with Crippen LogP contribution in [-0.2, 0) is 23.1 Å². The van der Waals surface area contributed by atoms with Crippen LogP contribution in [0.4, 0.5) is 0 Å². The highest BCUT2D eigenvalue weighted by Crippen LogP contribution is 2.18. The van der Waals surface area contributed by atoms with Crippen molar-refractivity contribution in [3.05, 3.63) is 11.6 Å². The van der Waals surface area contributed by atoms with E-state index in [9.17, 15) is 0 Å². The van der Waals surface area contributed by atoms with Gasteiger partial charge in [0, 0.05) is 33.3 Å². The number of nitrogens with one attached hydrogen (secondary N) is 1. The molecule has 3 heterocycles. The van der Waals surface area contributed by atoms with E-state index in [2.05, 4.69) is 27.3 Å². The molecule has 0 radical (unpaired) electrons. The van der Waals surface area contributed by atoms with Gasteiger partial charge in [-0.15, -0.1) is 34.2 Å². The largest absolute Gasteiger partial charge is 0.376 e. The summed E-state index contributed by atoms with van der Waals surface area (Å²) in [4.78, 5) is 7.08. The van der Waals surface area contributed by atoms with Gasteiger partial charge in [0.25, 0.3) is 0 Å². The predicted molar refractivity (Wildman–Crippen MR) is 115 cm³/mol. The minimum Gasteiger partial charge on any atom is -0.376 e. The Morgan fingerprint density at radius 3 is 2.67 bits per heavy atom. The second-order valence-corrected chi connectivity index (χ2v) is 7.05. The van der Waals surface area contributed by atoms with Crippen LogP contribution in [0.3, 0.4) is 0 Å². The molecule has 1 aromatic rings. The molecule has 2 aliphatic rings. The number of ether oxygens (including phenoxy) is 2. The van der Waals surface area contributed by atoms with Crippen LogP contribution in [0, 0.1) is 6.92 Å². The Morgan fingerprint density at radius 1 is 1.30 bits per heavy atom. The molecule has 0 saturated carbocycles. The molecule has 0 amide bonds. The highest BCUT2D eigenvalue weighted by molar-refractivity contribution is 14.0. The highest BCUT2D eigenvalue weighted by atomic mass is 127. The number of guanidine groups is 1. The lowest BCUT2D eigenvalue weighted by Crippen LogP contribution is -2.47. The second kappa shape index (κ2) is 11.2. The van der Waals surface area contributed by atoms with Gasteiger partial charge in [0.05, 0.1) is 18.8 Å². The molecule has 1 atom stereocenters. The van der Waals surface area contributed by atoms with Crippen molar-refractivity contribution in [1.29, 1.82) is 0 Å². The van der Waals surface area contributed by atoms with Gasteiger partial charge in [-0.3, -0.25) is 0 Å². The second-order valence-electron chi connectivity index (χ2n) is 7.05. The third kappa shape index (κ3) is 6.28. The maximum Gasteiger partial charge on any atom is 0.194 e. The zero-order valence-corrected chi connectivity index (χ0v) is 19.0. The first-order chi connectivity index (χ1) is 12.7. The van der Waals surface area contributed by atoms with Crippen molar-refractivity contribution in [2.24, 2.45) is 12.0 Å².